The van der Waals surface area contributed by atoms with E-state index in [0.717, 1.165) is 36.3 Å². The number of thioether (sulfide) groups is 1. The van der Waals surface area contributed by atoms with E-state index in [1.165, 1.54) is 16.7 Å². The van der Waals surface area contributed by atoms with Gasteiger partial charge in [-0.25, -0.2) is 4.68 Å². The minimum Gasteiger partial charge on any atom is -0.493 e. The summed E-state index contributed by atoms with van der Waals surface area (Å²) in [6, 6.07) is 17.0. The lowest BCUT2D eigenvalue weighted by molar-refractivity contribution is -0.113. The number of para-hydroxylation sites is 2. The van der Waals surface area contributed by atoms with Crippen LogP contribution in [-0.4, -0.2) is 26.2 Å². The predicted octanol–water partition coefficient (Wildman–Crippen LogP) is 5.46. The van der Waals surface area contributed by atoms with Crippen molar-refractivity contribution in [2.75, 3.05) is 11.5 Å². The highest BCUT2D eigenvalue weighted by atomic mass is 32.2. The number of carbonyl (C=O) groups excluding carboxylic acids is 1. The van der Waals surface area contributed by atoms with Crippen molar-refractivity contribution < 1.29 is 9.53 Å². The van der Waals surface area contributed by atoms with Gasteiger partial charge >= 0.3 is 0 Å². The molecule has 0 saturated carbocycles. The second-order valence-corrected chi connectivity index (χ2v) is 9.70. The van der Waals surface area contributed by atoms with Crippen LogP contribution >= 0.6 is 24.0 Å². The number of unbranched alkanes of at least 4 members (excludes halogenated alkanes) is 2. The highest BCUT2D eigenvalue weighted by Gasteiger charge is 2.37. The van der Waals surface area contributed by atoms with Crippen molar-refractivity contribution in [1.82, 2.24) is 9.36 Å². The molecule has 1 aliphatic rings. The molecule has 6 nitrogen and oxygen atoms in total. The lowest BCUT2D eigenvalue weighted by Gasteiger charge is -2.12. The molecule has 1 fully saturated rings. The number of anilines is 1. The zero-order valence-corrected chi connectivity index (χ0v) is 21.1. The van der Waals surface area contributed by atoms with Crippen LogP contribution in [0.3, 0.4) is 0 Å². The Morgan fingerprint density at radius 3 is 2.47 bits per heavy atom. The SMILES string of the molecule is CCCCCOc1ccccc1/C=C1\SC(=S)N(c2c(C)n(C)n(-c3ccccc3)c2=O)C1=O. The minimum absolute atomic E-state index is 0.279. The van der Waals surface area contributed by atoms with Crippen LogP contribution in [0.1, 0.15) is 37.4 Å². The van der Waals surface area contributed by atoms with E-state index in [4.69, 9.17) is 17.0 Å². The molecule has 1 aliphatic heterocycles. The predicted molar refractivity (Wildman–Crippen MR) is 143 cm³/mol. The van der Waals surface area contributed by atoms with Crippen molar-refractivity contribution >= 4 is 46.0 Å². The van der Waals surface area contributed by atoms with E-state index in [1.54, 1.807) is 22.5 Å². The third kappa shape index (κ3) is 4.60. The Kier molecular flexibility index (Phi) is 7.38. The second kappa shape index (κ2) is 10.4. The summed E-state index contributed by atoms with van der Waals surface area (Å²) >= 11 is 6.75. The maximum Gasteiger partial charge on any atom is 0.296 e. The van der Waals surface area contributed by atoms with Crippen LogP contribution in [0.4, 0.5) is 5.69 Å². The first-order chi connectivity index (χ1) is 16.4. The van der Waals surface area contributed by atoms with E-state index in [0.29, 0.717) is 21.5 Å². The van der Waals surface area contributed by atoms with Gasteiger partial charge in [0.25, 0.3) is 11.5 Å². The van der Waals surface area contributed by atoms with Gasteiger partial charge < -0.3 is 4.74 Å². The second-order valence-electron chi connectivity index (χ2n) is 8.02. The van der Waals surface area contributed by atoms with Gasteiger partial charge in [-0.2, -0.15) is 0 Å². The molecular formula is C26H27N3O3S2. The average molecular weight is 494 g/mol. The molecule has 34 heavy (non-hydrogen) atoms. The van der Waals surface area contributed by atoms with Crippen LogP contribution in [0, 0.1) is 6.92 Å². The molecule has 1 aromatic heterocycles. The fourth-order valence-corrected chi connectivity index (χ4v) is 5.14. The number of thiocarbonyl (C=S) groups is 1. The Hall–Kier alpha value is -3.10. The first-order valence-electron chi connectivity index (χ1n) is 11.3. The highest BCUT2D eigenvalue weighted by molar-refractivity contribution is 8.27. The summed E-state index contributed by atoms with van der Waals surface area (Å²) in [5.41, 5.74) is 2.18. The summed E-state index contributed by atoms with van der Waals surface area (Å²) in [4.78, 5) is 28.7. The van der Waals surface area contributed by atoms with Crippen molar-refractivity contribution in [3.05, 3.63) is 81.1 Å². The minimum atomic E-state index is -0.304. The molecule has 8 heteroatoms. The standard InChI is InChI=1S/C26H27N3O3S2/c1-4-5-11-16-32-21-15-10-9-12-19(21)17-22-24(30)28(26(33)34-22)23-18(2)27(3)29(25(23)31)20-13-7-6-8-14-20/h6-10,12-15,17H,4-5,11,16H2,1-3H3/b22-17-. The summed E-state index contributed by atoms with van der Waals surface area (Å²) in [7, 11) is 1.80. The summed E-state index contributed by atoms with van der Waals surface area (Å²) in [6.07, 6.45) is 5.01. The van der Waals surface area contributed by atoms with E-state index < -0.39 is 0 Å². The van der Waals surface area contributed by atoms with E-state index in [-0.39, 0.29) is 17.2 Å². The molecule has 3 aromatic rings. The smallest absolute Gasteiger partial charge is 0.296 e. The number of hydrogen-bond donors (Lipinski definition) is 0. The maximum atomic E-state index is 13.4. The molecule has 0 spiro atoms. The number of carbonyl (C=O) groups is 1. The molecule has 0 atom stereocenters. The van der Waals surface area contributed by atoms with Gasteiger partial charge in [0, 0.05) is 12.6 Å². The number of hydrogen-bond acceptors (Lipinski definition) is 5. The third-order valence-corrected chi connectivity index (χ3v) is 7.05. The van der Waals surface area contributed by atoms with Crippen LogP contribution in [0.5, 0.6) is 5.75 Å². The van der Waals surface area contributed by atoms with E-state index in [9.17, 15) is 9.59 Å². The van der Waals surface area contributed by atoms with Crippen molar-refractivity contribution in [2.45, 2.75) is 33.1 Å². The summed E-state index contributed by atoms with van der Waals surface area (Å²) in [5.74, 6) is 0.424. The molecule has 0 bridgehead atoms. The number of rotatable bonds is 8. The number of ether oxygens (including phenoxy) is 1. The summed E-state index contributed by atoms with van der Waals surface area (Å²) in [5, 5.41) is 0. The van der Waals surface area contributed by atoms with Crippen molar-refractivity contribution in [3.63, 3.8) is 0 Å². The third-order valence-electron chi connectivity index (χ3n) is 5.75. The molecule has 1 amide bonds. The molecular weight excluding hydrogens is 466 g/mol. The first-order valence-corrected chi connectivity index (χ1v) is 12.5. The van der Waals surface area contributed by atoms with Gasteiger partial charge in [0.15, 0.2) is 4.32 Å². The fourth-order valence-electron chi connectivity index (χ4n) is 3.88. The molecule has 4 rings (SSSR count). The molecule has 1 saturated heterocycles. The van der Waals surface area contributed by atoms with Crippen LogP contribution in [0.25, 0.3) is 11.8 Å². The Labute approximate surface area is 208 Å². The molecule has 176 valence electrons. The zero-order valence-electron chi connectivity index (χ0n) is 19.5. The molecule has 2 aromatic carbocycles. The first kappa shape index (κ1) is 24.0. The quantitative estimate of drug-likeness (QED) is 0.237. The number of aromatic nitrogens is 2. The molecule has 0 unspecified atom stereocenters. The van der Waals surface area contributed by atoms with E-state index in [2.05, 4.69) is 6.92 Å². The topological polar surface area (TPSA) is 56.5 Å². The molecule has 0 radical (unpaired) electrons. The van der Waals surface area contributed by atoms with Crippen molar-refractivity contribution in [3.8, 4) is 11.4 Å². The Morgan fingerprint density at radius 1 is 1.03 bits per heavy atom. The van der Waals surface area contributed by atoms with Gasteiger partial charge in [-0.3, -0.25) is 19.2 Å². The van der Waals surface area contributed by atoms with Crippen molar-refractivity contribution in [1.29, 1.82) is 0 Å². The Morgan fingerprint density at radius 2 is 1.74 bits per heavy atom. The Bertz CT molecular complexity index is 1310. The largest absolute Gasteiger partial charge is 0.493 e. The van der Waals surface area contributed by atoms with Crippen LogP contribution in [0.15, 0.2) is 64.3 Å². The van der Waals surface area contributed by atoms with Crippen molar-refractivity contribution in [2.24, 2.45) is 7.05 Å². The lowest BCUT2D eigenvalue weighted by atomic mass is 10.2. The van der Waals surface area contributed by atoms with Gasteiger partial charge in [0.1, 0.15) is 11.4 Å². The average Bonchev–Trinajstić information content (AvgIpc) is 3.23. The molecule has 0 N–H and O–H groups in total. The number of benzene rings is 2. The fraction of sp³-hybridized carbons (Fsp3) is 0.269. The summed E-state index contributed by atoms with van der Waals surface area (Å²) in [6.45, 7) is 4.60. The van der Waals surface area contributed by atoms with Gasteiger partial charge in [0.05, 0.1) is 22.9 Å². The van der Waals surface area contributed by atoms with Gasteiger partial charge in [-0.15, -0.1) is 0 Å². The van der Waals surface area contributed by atoms with Crippen LogP contribution in [0.2, 0.25) is 0 Å². The van der Waals surface area contributed by atoms with Gasteiger partial charge in [0.2, 0.25) is 0 Å². The lowest BCUT2D eigenvalue weighted by Crippen LogP contribution is -2.33. The molecule has 2 heterocycles. The van der Waals surface area contributed by atoms with E-state index in [1.807, 2.05) is 61.5 Å². The van der Waals surface area contributed by atoms with Gasteiger partial charge in [-0.05, 0) is 37.6 Å². The Balaban J connectivity index is 1.67. The molecule has 0 aliphatic carbocycles. The number of amides is 1. The monoisotopic (exact) mass is 493 g/mol. The van der Waals surface area contributed by atoms with Crippen LogP contribution in [-0.2, 0) is 11.8 Å². The highest BCUT2D eigenvalue weighted by Crippen LogP contribution is 2.37. The zero-order chi connectivity index (χ0) is 24.2. The van der Waals surface area contributed by atoms with Gasteiger partial charge in [-0.1, -0.05) is 80.1 Å². The van der Waals surface area contributed by atoms with E-state index >= 15 is 0 Å². The van der Waals surface area contributed by atoms with Crippen LogP contribution < -0.4 is 15.2 Å². The maximum absolute atomic E-state index is 13.4. The normalized spacial score (nSPS) is 14.9. The number of nitrogens with zero attached hydrogens (tertiary/aromatic N) is 3. The summed E-state index contributed by atoms with van der Waals surface area (Å²) < 4.78 is 9.59.